The van der Waals surface area contributed by atoms with Gasteiger partial charge in [-0.2, -0.15) is 4.31 Å². The molecule has 13 heteroatoms. The molecular weight excluding hydrogens is 582 g/mol. The lowest BCUT2D eigenvalue weighted by Crippen LogP contribution is -2.40. The summed E-state index contributed by atoms with van der Waals surface area (Å²) >= 11 is 0. The number of hydrogen-bond donors (Lipinski definition) is 1. The smallest absolute Gasteiger partial charge is 0.264 e. The molecule has 3 aromatic carbocycles. The predicted molar refractivity (Wildman–Crippen MR) is 158 cm³/mol. The minimum absolute atomic E-state index is 0.0791. The first kappa shape index (κ1) is 31.1. The van der Waals surface area contributed by atoms with Gasteiger partial charge in [0.2, 0.25) is 15.9 Å². The van der Waals surface area contributed by atoms with Crippen LogP contribution in [0.3, 0.4) is 0 Å². The van der Waals surface area contributed by atoms with Crippen molar-refractivity contribution in [1.29, 1.82) is 0 Å². The van der Waals surface area contributed by atoms with Gasteiger partial charge in [0, 0.05) is 25.7 Å². The van der Waals surface area contributed by atoms with Crippen LogP contribution in [0.25, 0.3) is 0 Å². The van der Waals surface area contributed by atoms with Gasteiger partial charge in [0.25, 0.3) is 10.0 Å². The van der Waals surface area contributed by atoms with Gasteiger partial charge in [-0.15, -0.1) is 0 Å². The zero-order valence-electron chi connectivity index (χ0n) is 23.8. The number of carbonyl (C=O) groups excluding carboxylic acids is 1. The Morgan fingerprint density at radius 3 is 2.00 bits per heavy atom. The zero-order chi connectivity index (χ0) is 30.3. The Morgan fingerprint density at radius 2 is 1.40 bits per heavy atom. The van der Waals surface area contributed by atoms with Crippen molar-refractivity contribution in [2.24, 2.45) is 0 Å². The summed E-state index contributed by atoms with van der Waals surface area (Å²) in [5.74, 6) is 0.556. The Balaban J connectivity index is 1.51. The minimum Gasteiger partial charge on any atom is -0.497 e. The summed E-state index contributed by atoms with van der Waals surface area (Å²) < 4.78 is 71.6. The maximum absolute atomic E-state index is 13.8. The molecule has 4 rings (SSSR count). The number of ether oxygens (including phenoxy) is 3. The van der Waals surface area contributed by atoms with Gasteiger partial charge in [0.1, 0.15) is 12.3 Å². The number of hydrogen-bond acceptors (Lipinski definition) is 8. The summed E-state index contributed by atoms with van der Waals surface area (Å²) in [6.45, 7) is 0.592. The largest absolute Gasteiger partial charge is 0.497 e. The van der Waals surface area contributed by atoms with Crippen molar-refractivity contribution < 1.29 is 35.8 Å². The fourth-order valence-electron chi connectivity index (χ4n) is 4.59. The molecule has 42 heavy (non-hydrogen) atoms. The van der Waals surface area contributed by atoms with Gasteiger partial charge in [-0.1, -0.05) is 18.6 Å². The summed E-state index contributed by atoms with van der Waals surface area (Å²) in [6, 6.07) is 16.8. The van der Waals surface area contributed by atoms with Crippen LogP contribution in [0.15, 0.2) is 76.5 Å². The van der Waals surface area contributed by atoms with E-state index in [-0.39, 0.29) is 27.8 Å². The van der Waals surface area contributed by atoms with Crippen LogP contribution in [-0.2, 0) is 31.4 Å². The van der Waals surface area contributed by atoms with E-state index in [0.29, 0.717) is 30.2 Å². The van der Waals surface area contributed by atoms with Crippen molar-refractivity contribution in [2.75, 3.05) is 45.3 Å². The molecule has 1 saturated heterocycles. The third-order valence-electron chi connectivity index (χ3n) is 6.96. The lowest BCUT2D eigenvalue weighted by Gasteiger charge is -2.26. The molecule has 226 valence electrons. The van der Waals surface area contributed by atoms with E-state index in [1.54, 1.807) is 36.4 Å². The predicted octanol–water partition coefficient (Wildman–Crippen LogP) is 3.40. The standard InChI is InChI=1S/C29H35N3O8S2/c1-38-24-11-9-23(10-12-24)32(42(36,37)26-15-16-27(39-2)28(19-26)40-3)21-29(33)30-20-22-7-13-25(14-8-22)41(34,35)31-17-5-4-6-18-31/h7-16,19H,4-6,17-18,20-21H2,1-3H3,(H,30,33). The number of sulfonamides is 2. The van der Waals surface area contributed by atoms with E-state index in [2.05, 4.69) is 5.32 Å². The fraction of sp³-hybridized carbons (Fsp3) is 0.345. The third-order valence-corrected chi connectivity index (χ3v) is 10.6. The first-order valence-corrected chi connectivity index (χ1v) is 16.2. The van der Waals surface area contributed by atoms with Crippen molar-refractivity contribution in [2.45, 2.75) is 35.6 Å². The molecule has 11 nitrogen and oxygen atoms in total. The topological polar surface area (TPSA) is 132 Å². The first-order chi connectivity index (χ1) is 20.1. The average Bonchev–Trinajstić information content (AvgIpc) is 3.02. The van der Waals surface area contributed by atoms with Crippen LogP contribution in [0.4, 0.5) is 5.69 Å². The van der Waals surface area contributed by atoms with Crippen LogP contribution in [0.1, 0.15) is 24.8 Å². The second-order valence-electron chi connectivity index (χ2n) is 9.61. The van der Waals surface area contributed by atoms with Crippen LogP contribution in [0.2, 0.25) is 0 Å². The monoisotopic (exact) mass is 617 g/mol. The van der Waals surface area contributed by atoms with Gasteiger partial charge in [0.15, 0.2) is 11.5 Å². The molecule has 0 aromatic heterocycles. The normalized spacial score (nSPS) is 14.2. The van der Waals surface area contributed by atoms with Gasteiger partial charge >= 0.3 is 0 Å². The summed E-state index contributed by atoms with van der Waals surface area (Å²) in [7, 11) is -3.44. The molecule has 1 amide bonds. The molecule has 0 aliphatic carbocycles. The molecule has 1 heterocycles. The number of benzene rings is 3. The summed E-state index contributed by atoms with van der Waals surface area (Å²) in [5, 5.41) is 2.73. The molecule has 1 N–H and O–H groups in total. The van der Waals surface area contributed by atoms with E-state index >= 15 is 0 Å². The van der Waals surface area contributed by atoms with Crippen molar-refractivity contribution in [3.63, 3.8) is 0 Å². The van der Waals surface area contributed by atoms with Gasteiger partial charge in [-0.05, 0) is 66.9 Å². The molecular formula is C29H35N3O8S2. The second kappa shape index (κ2) is 13.4. The van der Waals surface area contributed by atoms with Crippen LogP contribution in [0.5, 0.6) is 17.2 Å². The van der Waals surface area contributed by atoms with Crippen LogP contribution in [-0.4, -0.2) is 68.0 Å². The molecule has 0 radical (unpaired) electrons. The number of anilines is 1. The highest BCUT2D eigenvalue weighted by Gasteiger charge is 2.29. The summed E-state index contributed by atoms with van der Waals surface area (Å²) in [4.78, 5) is 13.2. The Morgan fingerprint density at radius 1 is 0.786 bits per heavy atom. The van der Waals surface area contributed by atoms with E-state index in [0.717, 1.165) is 23.6 Å². The van der Waals surface area contributed by atoms with Crippen molar-refractivity contribution in [3.8, 4) is 17.2 Å². The zero-order valence-corrected chi connectivity index (χ0v) is 25.4. The Kier molecular flexibility index (Phi) is 9.97. The van der Waals surface area contributed by atoms with Crippen LogP contribution < -0.4 is 23.8 Å². The Bertz CT molecular complexity index is 1590. The maximum atomic E-state index is 13.8. The molecule has 1 aliphatic rings. The molecule has 0 saturated carbocycles. The lowest BCUT2D eigenvalue weighted by molar-refractivity contribution is -0.119. The number of amides is 1. The Hall–Kier alpha value is -3.81. The average molecular weight is 618 g/mol. The number of carbonyl (C=O) groups is 1. The molecule has 0 bridgehead atoms. The molecule has 0 unspecified atom stereocenters. The minimum atomic E-state index is -4.22. The van der Waals surface area contributed by atoms with E-state index < -0.39 is 32.5 Å². The first-order valence-electron chi connectivity index (χ1n) is 13.3. The van der Waals surface area contributed by atoms with Crippen LogP contribution in [0, 0.1) is 0 Å². The number of nitrogens with zero attached hydrogens (tertiary/aromatic N) is 2. The van der Waals surface area contributed by atoms with E-state index in [1.807, 2.05) is 0 Å². The molecule has 1 fully saturated rings. The van der Waals surface area contributed by atoms with Gasteiger partial charge < -0.3 is 19.5 Å². The van der Waals surface area contributed by atoms with Crippen molar-refractivity contribution >= 4 is 31.6 Å². The quantitative estimate of drug-likeness (QED) is 0.327. The Labute approximate surface area is 247 Å². The number of methoxy groups -OCH3 is 3. The van der Waals surface area contributed by atoms with Gasteiger partial charge in [-0.25, -0.2) is 16.8 Å². The van der Waals surface area contributed by atoms with Gasteiger partial charge in [0.05, 0.1) is 36.8 Å². The van der Waals surface area contributed by atoms with Crippen LogP contribution >= 0.6 is 0 Å². The number of piperidine rings is 1. The van der Waals surface area contributed by atoms with E-state index in [4.69, 9.17) is 14.2 Å². The molecule has 0 atom stereocenters. The van der Waals surface area contributed by atoms with Crippen molar-refractivity contribution in [1.82, 2.24) is 9.62 Å². The molecule has 3 aromatic rings. The summed E-state index contributed by atoms with van der Waals surface area (Å²) in [6.07, 6.45) is 2.72. The van der Waals surface area contributed by atoms with E-state index in [1.165, 1.54) is 56.0 Å². The van der Waals surface area contributed by atoms with Gasteiger partial charge in [-0.3, -0.25) is 9.10 Å². The van der Waals surface area contributed by atoms with E-state index in [9.17, 15) is 21.6 Å². The van der Waals surface area contributed by atoms with Crippen molar-refractivity contribution in [3.05, 3.63) is 72.3 Å². The summed E-state index contributed by atoms with van der Waals surface area (Å²) in [5.41, 5.74) is 0.924. The number of nitrogens with one attached hydrogen (secondary N) is 1. The lowest BCUT2D eigenvalue weighted by atomic mass is 10.2. The second-order valence-corrected chi connectivity index (χ2v) is 13.4. The molecule has 0 spiro atoms. The number of rotatable bonds is 12. The fourth-order valence-corrected chi connectivity index (χ4v) is 7.54. The maximum Gasteiger partial charge on any atom is 0.264 e. The highest BCUT2D eigenvalue weighted by Crippen LogP contribution is 2.32. The highest BCUT2D eigenvalue weighted by molar-refractivity contribution is 7.92. The molecule has 1 aliphatic heterocycles. The SMILES string of the molecule is COc1ccc(N(CC(=O)NCc2ccc(S(=O)(=O)N3CCCCC3)cc2)S(=O)(=O)c2ccc(OC)c(OC)c2)cc1. The third kappa shape index (κ3) is 6.97. The highest BCUT2D eigenvalue weighted by atomic mass is 32.2.